The number of nitrogen functional groups attached to an aromatic ring is 1. The Bertz CT molecular complexity index is 568. The van der Waals surface area contributed by atoms with E-state index in [0.717, 1.165) is 5.69 Å². The highest BCUT2D eigenvalue weighted by Gasteiger charge is 2.40. The SMILES string of the molecule is CN1CCN(c2ccc(N)c(C(N)=O)c2)C(C)(C)C1=O. The Labute approximate surface area is 118 Å². The van der Waals surface area contributed by atoms with Crippen LogP contribution in [0.15, 0.2) is 18.2 Å². The number of benzene rings is 1. The van der Waals surface area contributed by atoms with Crippen molar-refractivity contribution in [2.75, 3.05) is 30.8 Å². The maximum absolute atomic E-state index is 12.3. The van der Waals surface area contributed by atoms with Crippen molar-refractivity contribution in [3.05, 3.63) is 23.8 Å². The number of hydrogen-bond acceptors (Lipinski definition) is 4. The van der Waals surface area contributed by atoms with Crippen molar-refractivity contribution >= 4 is 23.2 Å². The van der Waals surface area contributed by atoms with Crippen LogP contribution in [0.5, 0.6) is 0 Å². The van der Waals surface area contributed by atoms with Gasteiger partial charge < -0.3 is 21.3 Å². The van der Waals surface area contributed by atoms with Crippen LogP contribution < -0.4 is 16.4 Å². The van der Waals surface area contributed by atoms with Gasteiger partial charge in [-0.15, -0.1) is 0 Å². The fourth-order valence-corrected chi connectivity index (χ4v) is 2.59. The number of primary amides is 1. The third-order valence-corrected chi connectivity index (χ3v) is 3.82. The lowest BCUT2D eigenvalue weighted by Gasteiger charge is -2.46. The number of likely N-dealkylation sites (N-methyl/N-ethyl adjacent to an activating group) is 1. The second-order valence-electron chi connectivity index (χ2n) is 5.57. The van der Waals surface area contributed by atoms with Gasteiger partial charge in [0.2, 0.25) is 5.91 Å². The molecular weight excluding hydrogens is 256 g/mol. The van der Waals surface area contributed by atoms with E-state index in [-0.39, 0.29) is 11.5 Å². The van der Waals surface area contributed by atoms with Gasteiger partial charge in [-0.25, -0.2) is 0 Å². The third kappa shape index (κ3) is 2.17. The van der Waals surface area contributed by atoms with Crippen LogP contribution in [0.4, 0.5) is 11.4 Å². The molecule has 1 aromatic carbocycles. The summed E-state index contributed by atoms with van der Waals surface area (Å²) in [6, 6.07) is 5.11. The summed E-state index contributed by atoms with van der Waals surface area (Å²) in [6.07, 6.45) is 0. The number of rotatable bonds is 2. The monoisotopic (exact) mass is 276 g/mol. The minimum absolute atomic E-state index is 0.0428. The quantitative estimate of drug-likeness (QED) is 0.766. The zero-order valence-electron chi connectivity index (χ0n) is 12.0. The molecule has 4 N–H and O–H groups in total. The summed E-state index contributed by atoms with van der Waals surface area (Å²) in [4.78, 5) is 27.4. The number of nitrogens with zero attached hydrogens (tertiary/aromatic N) is 2. The summed E-state index contributed by atoms with van der Waals surface area (Å²) in [5, 5.41) is 0. The first kappa shape index (κ1) is 14.2. The van der Waals surface area contributed by atoms with Crippen LogP contribution in [-0.4, -0.2) is 42.4 Å². The van der Waals surface area contributed by atoms with Crippen LogP contribution in [0.2, 0.25) is 0 Å². The van der Waals surface area contributed by atoms with Gasteiger partial charge in [0.05, 0.1) is 5.56 Å². The van der Waals surface area contributed by atoms with E-state index in [1.165, 1.54) is 0 Å². The number of carbonyl (C=O) groups is 2. The molecule has 20 heavy (non-hydrogen) atoms. The normalized spacial score (nSPS) is 18.2. The maximum atomic E-state index is 12.3. The molecule has 0 bridgehead atoms. The van der Waals surface area contributed by atoms with Crippen LogP contribution in [0.25, 0.3) is 0 Å². The molecule has 0 spiro atoms. The molecule has 2 rings (SSSR count). The third-order valence-electron chi connectivity index (χ3n) is 3.82. The average molecular weight is 276 g/mol. The summed E-state index contributed by atoms with van der Waals surface area (Å²) in [5.74, 6) is -0.524. The first-order valence-corrected chi connectivity index (χ1v) is 6.47. The fraction of sp³-hybridized carbons (Fsp3) is 0.429. The minimum atomic E-state index is -0.669. The zero-order chi connectivity index (χ0) is 15.1. The molecule has 6 nitrogen and oxygen atoms in total. The van der Waals surface area contributed by atoms with Crippen LogP contribution in [0.1, 0.15) is 24.2 Å². The molecule has 6 heteroatoms. The van der Waals surface area contributed by atoms with Crippen molar-refractivity contribution in [1.82, 2.24) is 4.90 Å². The van der Waals surface area contributed by atoms with E-state index in [1.54, 1.807) is 24.1 Å². The zero-order valence-corrected chi connectivity index (χ0v) is 12.0. The predicted octanol–water partition coefficient (Wildman–Crippen LogP) is 0.425. The van der Waals surface area contributed by atoms with Crippen molar-refractivity contribution in [3.8, 4) is 0 Å². The van der Waals surface area contributed by atoms with Gasteiger partial charge in [-0.2, -0.15) is 0 Å². The first-order valence-electron chi connectivity index (χ1n) is 6.47. The highest BCUT2D eigenvalue weighted by molar-refractivity contribution is 5.99. The van der Waals surface area contributed by atoms with Crippen molar-refractivity contribution in [3.63, 3.8) is 0 Å². The Morgan fingerprint density at radius 2 is 1.95 bits per heavy atom. The van der Waals surface area contributed by atoms with Gasteiger partial charge >= 0.3 is 0 Å². The molecule has 108 valence electrons. The van der Waals surface area contributed by atoms with Crippen molar-refractivity contribution in [1.29, 1.82) is 0 Å². The lowest BCUT2D eigenvalue weighted by molar-refractivity contribution is -0.136. The molecule has 0 aromatic heterocycles. The van der Waals surface area contributed by atoms with E-state index in [0.29, 0.717) is 18.8 Å². The Morgan fingerprint density at radius 3 is 2.55 bits per heavy atom. The van der Waals surface area contributed by atoms with Crippen molar-refractivity contribution in [2.45, 2.75) is 19.4 Å². The second kappa shape index (κ2) is 4.70. The van der Waals surface area contributed by atoms with Crippen LogP contribution >= 0.6 is 0 Å². The molecule has 1 aromatic rings. The molecule has 0 atom stereocenters. The summed E-state index contributed by atoms with van der Waals surface area (Å²) in [5.41, 5.74) is 11.8. The molecule has 0 saturated carbocycles. The number of carbonyl (C=O) groups excluding carboxylic acids is 2. The lowest BCUT2D eigenvalue weighted by atomic mass is 9.96. The Kier molecular flexibility index (Phi) is 3.33. The van der Waals surface area contributed by atoms with Gasteiger partial charge in [0.15, 0.2) is 0 Å². The fourth-order valence-electron chi connectivity index (χ4n) is 2.59. The molecular formula is C14H20N4O2. The predicted molar refractivity (Wildman–Crippen MR) is 78.4 cm³/mol. The standard InChI is InChI=1S/C14H20N4O2/c1-14(2)13(20)17(3)6-7-18(14)9-4-5-11(15)10(8-9)12(16)19/h4-5,8H,6-7,15H2,1-3H3,(H2,16,19). The maximum Gasteiger partial charge on any atom is 0.250 e. The molecule has 1 aliphatic rings. The summed E-state index contributed by atoms with van der Waals surface area (Å²) >= 11 is 0. The number of nitrogens with two attached hydrogens (primary N) is 2. The van der Waals surface area contributed by atoms with E-state index < -0.39 is 11.4 Å². The number of amides is 2. The van der Waals surface area contributed by atoms with Crippen LogP contribution in [0.3, 0.4) is 0 Å². The summed E-state index contributed by atoms with van der Waals surface area (Å²) < 4.78 is 0. The highest BCUT2D eigenvalue weighted by atomic mass is 16.2. The summed E-state index contributed by atoms with van der Waals surface area (Å²) in [6.45, 7) is 5.06. The summed E-state index contributed by atoms with van der Waals surface area (Å²) in [7, 11) is 1.79. The average Bonchev–Trinajstić information content (AvgIpc) is 2.37. The van der Waals surface area contributed by atoms with E-state index in [2.05, 4.69) is 0 Å². The first-order chi connectivity index (χ1) is 9.25. The Morgan fingerprint density at radius 1 is 1.30 bits per heavy atom. The van der Waals surface area contributed by atoms with Gasteiger partial charge in [0.25, 0.3) is 5.91 Å². The molecule has 0 radical (unpaired) electrons. The van der Waals surface area contributed by atoms with E-state index in [4.69, 9.17) is 11.5 Å². The number of hydrogen-bond donors (Lipinski definition) is 2. The molecule has 1 fully saturated rings. The van der Waals surface area contributed by atoms with Crippen LogP contribution in [0, 0.1) is 0 Å². The topological polar surface area (TPSA) is 92.7 Å². The number of anilines is 2. The van der Waals surface area contributed by atoms with Gasteiger partial charge in [-0.1, -0.05) is 0 Å². The van der Waals surface area contributed by atoms with E-state index in [1.807, 2.05) is 24.8 Å². The van der Waals surface area contributed by atoms with Crippen LogP contribution in [-0.2, 0) is 4.79 Å². The second-order valence-corrected chi connectivity index (χ2v) is 5.57. The highest BCUT2D eigenvalue weighted by Crippen LogP contribution is 2.30. The van der Waals surface area contributed by atoms with E-state index >= 15 is 0 Å². The Hall–Kier alpha value is -2.24. The molecule has 1 saturated heterocycles. The number of piperazine rings is 1. The van der Waals surface area contributed by atoms with E-state index in [9.17, 15) is 9.59 Å². The van der Waals surface area contributed by atoms with Crippen molar-refractivity contribution in [2.24, 2.45) is 5.73 Å². The van der Waals surface area contributed by atoms with Gasteiger partial charge in [0.1, 0.15) is 5.54 Å². The van der Waals surface area contributed by atoms with Crippen molar-refractivity contribution < 1.29 is 9.59 Å². The van der Waals surface area contributed by atoms with Gasteiger partial charge in [0, 0.05) is 31.5 Å². The Balaban J connectivity index is 2.43. The smallest absolute Gasteiger partial charge is 0.250 e. The van der Waals surface area contributed by atoms with Gasteiger partial charge in [-0.05, 0) is 32.0 Å². The molecule has 0 aliphatic carbocycles. The largest absolute Gasteiger partial charge is 0.398 e. The molecule has 1 heterocycles. The molecule has 1 aliphatic heterocycles. The molecule has 2 amide bonds. The van der Waals surface area contributed by atoms with Gasteiger partial charge in [-0.3, -0.25) is 9.59 Å². The lowest BCUT2D eigenvalue weighted by Crippen LogP contribution is -2.62. The minimum Gasteiger partial charge on any atom is -0.398 e. The molecule has 0 unspecified atom stereocenters.